The quantitative estimate of drug-likeness (QED) is 0.917. The smallest absolute Gasteiger partial charge is 0.258 e. The van der Waals surface area contributed by atoms with Crippen LogP contribution >= 0.6 is 27.3 Å². The summed E-state index contributed by atoms with van der Waals surface area (Å²) >= 11 is 4.85. The third kappa shape index (κ3) is 2.92. The molecule has 0 aliphatic carbocycles. The highest BCUT2D eigenvalue weighted by Gasteiger charge is 2.11. The van der Waals surface area contributed by atoms with Crippen molar-refractivity contribution in [2.24, 2.45) is 0 Å². The van der Waals surface area contributed by atoms with E-state index in [9.17, 15) is 4.79 Å². The number of hydrogen-bond acceptors (Lipinski definition) is 3. The first-order valence-corrected chi connectivity index (χ1v) is 6.67. The molecule has 0 saturated heterocycles. The molecule has 2 rings (SSSR count). The van der Waals surface area contributed by atoms with E-state index in [1.54, 1.807) is 12.3 Å². The highest BCUT2D eigenvalue weighted by atomic mass is 79.9. The number of rotatable bonds is 2. The van der Waals surface area contributed by atoms with Gasteiger partial charge in [0.05, 0.1) is 5.56 Å². The van der Waals surface area contributed by atoms with E-state index in [4.69, 9.17) is 0 Å². The maximum absolute atomic E-state index is 12.0. The number of carbonyl (C=O) groups is 1. The number of halogens is 1. The summed E-state index contributed by atoms with van der Waals surface area (Å²) in [6.45, 7) is 3.94. The second-order valence-corrected chi connectivity index (χ2v) is 5.80. The van der Waals surface area contributed by atoms with Crippen molar-refractivity contribution in [3.8, 4) is 0 Å². The van der Waals surface area contributed by atoms with Crippen molar-refractivity contribution in [2.45, 2.75) is 13.8 Å². The van der Waals surface area contributed by atoms with Gasteiger partial charge in [-0.15, -0.1) is 11.3 Å². The number of hydrogen-bond donors (Lipinski definition) is 1. The van der Waals surface area contributed by atoms with Gasteiger partial charge in [0.15, 0.2) is 5.13 Å². The Kier molecular flexibility index (Phi) is 3.59. The molecule has 0 radical (unpaired) electrons. The Labute approximate surface area is 112 Å². The molecule has 0 fully saturated rings. The number of aromatic nitrogens is 1. The van der Waals surface area contributed by atoms with Crippen LogP contribution in [0.4, 0.5) is 5.13 Å². The van der Waals surface area contributed by atoms with Crippen LogP contribution in [0.15, 0.2) is 28.9 Å². The first-order chi connectivity index (χ1) is 8.06. The van der Waals surface area contributed by atoms with Gasteiger partial charge in [0, 0.05) is 15.5 Å². The highest BCUT2D eigenvalue weighted by molar-refractivity contribution is 9.10. The normalized spacial score (nSPS) is 10.3. The van der Waals surface area contributed by atoms with E-state index >= 15 is 0 Å². The molecule has 2 aromatic rings. The monoisotopic (exact) mass is 310 g/mol. The molecule has 1 aromatic carbocycles. The lowest BCUT2D eigenvalue weighted by Crippen LogP contribution is -2.12. The number of thiazole rings is 1. The maximum atomic E-state index is 12.0. The molecule has 0 saturated carbocycles. The second-order valence-electron chi connectivity index (χ2n) is 3.71. The standard InChI is InChI=1S/C12H11BrN2OS/c1-7-3-4-9(10(13)5-7)11(16)15-12-14-6-8(2)17-12/h3-6H,1-2H3,(H,14,15,16). The van der Waals surface area contributed by atoms with Crippen LogP contribution in [0.3, 0.4) is 0 Å². The second kappa shape index (κ2) is 4.98. The van der Waals surface area contributed by atoms with E-state index in [0.29, 0.717) is 10.7 Å². The van der Waals surface area contributed by atoms with Crippen LogP contribution in [0.25, 0.3) is 0 Å². The third-order valence-electron chi connectivity index (χ3n) is 2.21. The van der Waals surface area contributed by atoms with Crippen molar-refractivity contribution >= 4 is 38.3 Å². The fraction of sp³-hybridized carbons (Fsp3) is 0.167. The van der Waals surface area contributed by atoms with E-state index in [2.05, 4.69) is 26.2 Å². The van der Waals surface area contributed by atoms with E-state index < -0.39 is 0 Å². The minimum atomic E-state index is -0.147. The van der Waals surface area contributed by atoms with Crippen molar-refractivity contribution in [1.29, 1.82) is 0 Å². The van der Waals surface area contributed by atoms with Crippen LogP contribution in [0.2, 0.25) is 0 Å². The lowest BCUT2D eigenvalue weighted by Gasteiger charge is -2.04. The summed E-state index contributed by atoms with van der Waals surface area (Å²) in [6.07, 6.45) is 1.74. The van der Waals surface area contributed by atoms with Crippen molar-refractivity contribution in [2.75, 3.05) is 5.32 Å². The minimum Gasteiger partial charge on any atom is -0.298 e. The van der Waals surface area contributed by atoms with Gasteiger partial charge < -0.3 is 0 Å². The number of anilines is 1. The first-order valence-electron chi connectivity index (χ1n) is 5.06. The number of aryl methyl sites for hydroxylation is 2. The Morgan fingerprint density at radius 3 is 2.76 bits per heavy atom. The van der Waals surface area contributed by atoms with Gasteiger partial charge in [0.1, 0.15) is 0 Å². The number of nitrogens with one attached hydrogen (secondary N) is 1. The molecular formula is C12H11BrN2OS. The van der Waals surface area contributed by atoms with E-state index in [1.807, 2.05) is 26.0 Å². The Bertz CT molecular complexity index is 565. The Hall–Kier alpha value is -1.20. The molecule has 3 nitrogen and oxygen atoms in total. The van der Waals surface area contributed by atoms with Gasteiger partial charge in [-0.25, -0.2) is 4.98 Å². The van der Waals surface area contributed by atoms with Crippen molar-refractivity contribution in [3.05, 3.63) is 44.9 Å². The van der Waals surface area contributed by atoms with Crippen molar-refractivity contribution < 1.29 is 4.79 Å². The third-order valence-corrected chi connectivity index (χ3v) is 3.70. The summed E-state index contributed by atoms with van der Waals surface area (Å²) in [5.74, 6) is -0.147. The van der Waals surface area contributed by atoms with Gasteiger partial charge in [0.2, 0.25) is 0 Å². The van der Waals surface area contributed by atoms with Crippen LogP contribution in [0, 0.1) is 13.8 Å². The van der Waals surface area contributed by atoms with Gasteiger partial charge in [-0.1, -0.05) is 6.07 Å². The Balaban J connectivity index is 2.20. The zero-order valence-electron chi connectivity index (χ0n) is 9.45. The topological polar surface area (TPSA) is 42.0 Å². The molecule has 1 amide bonds. The van der Waals surface area contributed by atoms with E-state index in [0.717, 1.165) is 14.9 Å². The SMILES string of the molecule is Cc1ccc(C(=O)Nc2ncc(C)s2)c(Br)c1. The van der Waals surface area contributed by atoms with Gasteiger partial charge in [-0.3, -0.25) is 10.1 Å². The summed E-state index contributed by atoms with van der Waals surface area (Å²) < 4.78 is 0.795. The first kappa shape index (κ1) is 12.3. The van der Waals surface area contributed by atoms with Crippen LogP contribution in [-0.2, 0) is 0 Å². The van der Waals surface area contributed by atoms with Crippen LogP contribution in [-0.4, -0.2) is 10.9 Å². The molecule has 5 heteroatoms. The summed E-state index contributed by atoms with van der Waals surface area (Å²) in [5.41, 5.74) is 1.72. The largest absolute Gasteiger partial charge is 0.298 e. The Morgan fingerprint density at radius 1 is 1.41 bits per heavy atom. The molecule has 0 spiro atoms. The number of amides is 1. The molecule has 1 heterocycles. The van der Waals surface area contributed by atoms with E-state index in [1.165, 1.54) is 11.3 Å². The summed E-state index contributed by atoms with van der Waals surface area (Å²) in [6, 6.07) is 5.63. The molecule has 17 heavy (non-hydrogen) atoms. The highest BCUT2D eigenvalue weighted by Crippen LogP contribution is 2.21. The Morgan fingerprint density at radius 2 is 2.18 bits per heavy atom. The average Bonchev–Trinajstić information content (AvgIpc) is 2.63. The van der Waals surface area contributed by atoms with Crippen LogP contribution in [0.5, 0.6) is 0 Å². The molecule has 1 N–H and O–H groups in total. The van der Waals surface area contributed by atoms with Crippen molar-refractivity contribution in [3.63, 3.8) is 0 Å². The van der Waals surface area contributed by atoms with Crippen LogP contribution < -0.4 is 5.32 Å². The lowest BCUT2D eigenvalue weighted by molar-refractivity contribution is 0.102. The molecule has 0 unspecified atom stereocenters. The zero-order chi connectivity index (χ0) is 12.4. The van der Waals surface area contributed by atoms with Crippen molar-refractivity contribution in [1.82, 2.24) is 4.98 Å². The summed E-state index contributed by atoms with van der Waals surface area (Å²) in [5, 5.41) is 3.40. The molecule has 88 valence electrons. The number of benzene rings is 1. The fourth-order valence-corrected chi connectivity index (χ4v) is 2.71. The van der Waals surface area contributed by atoms with E-state index in [-0.39, 0.29) is 5.91 Å². The number of nitrogens with zero attached hydrogens (tertiary/aromatic N) is 1. The molecule has 0 bridgehead atoms. The molecule has 0 atom stereocenters. The predicted octanol–water partition coefficient (Wildman–Crippen LogP) is 3.77. The fourth-order valence-electron chi connectivity index (χ4n) is 1.38. The summed E-state index contributed by atoms with van der Waals surface area (Å²) in [7, 11) is 0. The van der Waals surface area contributed by atoms with Gasteiger partial charge in [-0.2, -0.15) is 0 Å². The van der Waals surface area contributed by atoms with Gasteiger partial charge in [-0.05, 0) is 47.5 Å². The number of carbonyl (C=O) groups excluding carboxylic acids is 1. The minimum absolute atomic E-state index is 0.147. The molecule has 0 aliphatic rings. The summed E-state index contributed by atoms with van der Waals surface area (Å²) in [4.78, 5) is 17.2. The zero-order valence-corrected chi connectivity index (χ0v) is 11.9. The molecular weight excluding hydrogens is 300 g/mol. The average molecular weight is 311 g/mol. The van der Waals surface area contributed by atoms with Gasteiger partial charge >= 0.3 is 0 Å². The molecule has 0 aliphatic heterocycles. The lowest BCUT2D eigenvalue weighted by atomic mass is 10.1. The van der Waals surface area contributed by atoms with Gasteiger partial charge in [0.25, 0.3) is 5.91 Å². The predicted molar refractivity (Wildman–Crippen MR) is 73.7 cm³/mol. The molecule has 1 aromatic heterocycles. The maximum Gasteiger partial charge on any atom is 0.258 e. The van der Waals surface area contributed by atoms with Crippen LogP contribution in [0.1, 0.15) is 20.8 Å².